The van der Waals surface area contributed by atoms with Crippen molar-refractivity contribution in [3.05, 3.63) is 64.6 Å². The minimum Gasteiger partial charge on any atom is -0.496 e. The Labute approximate surface area is 141 Å². The molecule has 3 aromatic rings. The second kappa shape index (κ2) is 6.16. The molecular formula is C18H14F3NO3. The standard InChI is InChI=1S/C18H14F3NO3/c1-24-14-6-7-15(25-2)16-13(14)8-9-22(17(16)23)12-5-3-4-11(10-12)18(19,20)21/h3-10H,1-2H3. The van der Waals surface area contributed by atoms with E-state index in [1.807, 2.05) is 0 Å². The van der Waals surface area contributed by atoms with E-state index in [1.165, 1.54) is 32.5 Å². The summed E-state index contributed by atoms with van der Waals surface area (Å²) < 4.78 is 50.4. The van der Waals surface area contributed by atoms with Gasteiger partial charge in [0.2, 0.25) is 0 Å². The van der Waals surface area contributed by atoms with Crippen LogP contribution in [0.1, 0.15) is 5.56 Å². The number of benzene rings is 2. The first-order valence-corrected chi connectivity index (χ1v) is 7.31. The van der Waals surface area contributed by atoms with Gasteiger partial charge in [-0.2, -0.15) is 13.2 Å². The number of hydrogen-bond acceptors (Lipinski definition) is 3. The number of aromatic nitrogens is 1. The minimum absolute atomic E-state index is 0.117. The molecule has 0 radical (unpaired) electrons. The lowest BCUT2D eigenvalue weighted by Gasteiger charge is -2.13. The molecule has 7 heteroatoms. The molecule has 4 nitrogen and oxygen atoms in total. The fourth-order valence-corrected chi connectivity index (χ4v) is 2.69. The van der Waals surface area contributed by atoms with Crippen molar-refractivity contribution in [2.75, 3.05) is 14.2 Å². The van der Waals surface area contributed by atoms with E-state index in [2.05, 4.69) is 0 Å². The Morgan fingerprint density at radius 3 is 2.28 bits per heavy atom. The molecule has 0 amide bonds. The van der Waals surface area contributed by atoms with Crippen molar-refractivity contribution in [2.45, 2.75) is 6.18 Å². The first-order chi connectivity index (χ1) is 11.9. The Bertz CT molecular complexity index is 993. The molecule has 1 aromatic heterocycles. The predicted octanol–water partition coefficient (Wildman–Crippen LogP) is 4.03. The third-order valence-corrected chi connectivity index (χ3v) is 3.88. The lowest BCUT2D eigenvalue weighted by atomic mass is 10.1. The van der Waals surface area contributed by atoms with Gasteiger partial charge in [-0.25, -0.2) is 0 Å². The van der Waals surface area contributed by atoms with Gasteiger partial charge in [-0.3, -0.25) is 9.36 Å². The van der Waals surface area contributed by atoms with Crippen molar-refractivity contribution < 1.29 is 22.6 Å². The lowest BCUT2D eigenvalue weighted by Crippen LogP contribution is -2.19. The van der Waals surface area contributed by atoms with E-state index in [4.69, 9.17) is 9.47 Å². The number of methoxy groups -OCH3 is 2. The topological polar surface area (TPSA) is 40.5 Å². The highest BCUT2D eigenvalue weighted by molar-refractivity contribution is 5.92. The van der Waals surface area contributed by atoms with E-state index in [0.717, 1.165) is 16.7 Å². The molecule has 1 heterocycles. The van der Waals surface area contributed by atoms with Gasteiger partial charge in [0, 0.05) is 17.3 Å². The normalized spacial score (nSPS) is 11.6. The van der Waals surface area contributed by atoms with Crippen molar-refractivity contribution in [3.8, 4) is 17.2 Å². The van der Waals surface area contributed by atoms with Crippen molar-refractivity contribution >= 4 is 10.8 Å². The Hall–Kier alpha value is -2.96. The molecule has 0 fully saturated rings. The van der Waals surface area contributed by atoms with E-state index in [-0.39, 0.29) is 11.1 Å². The number of halogens is 3. The van der Waals surface area contributed by atoms with Crippen LogP contribution in [-0.4, -0.2) is 18.8 Å². The average Bonchev–Trinajstić information content (AvgIpc) is 2.60. The number of alkyl halides is 3. The van der Waals surface area contributed by atoms with Crippen molar-refractivity contribution in [2.24, 2.45) is 0 Å². The quantitative estimate of drug-likeness (QED) is 0.717. The highest BCUT2D eigenvalue weighted by atomic mass is 19.4. The van der Waals surface area contributed by atoms with Crippen LogP contribution >= 0.6 is 0 Å². The van der Waals surface area contributed by atoms with Crippen LogP contribution in [0.2, 0.25) is 0 Å². The number of rotatable bonds is 3. The van der Waals surface area contributed by atoms with Crippen molar-refractivity contribution in [1.29, 1.82) is 0 Å². The van der Waals surface area contributed by atoms with E-state index in [0.29, 0.717) is 16.9 Å². The highest BCUT2D eigenvalue weighted by Gasteiger charge is 2.30. The number of ether oxygens (including phenoxy) is 2. The molecule has 0 aliphatic carbocycles. The molecule has 0 bridgehead atoms. The van der Waals surface area contributed by atoms with Crippen LogP contribution in [0, 0.1) is 0 Å². The van der Waals surface area contributed by atoms with Gasteiger partial charge in [0.15, 0.2) is 0 Å². The summed E-state index contributed by atoms with van der Waals surface area (Å²) in [5.74, 6) is 0.797. The summed E-state index contributed by atoms with van der Waals surface area (Å²) in [7, 11) is 2.89. The zero-order chi connectivity index (χ0) is 18.2. The highest BCUT2D eigenvalue weighted by Crippen LogP contribution is 2.32. The Balaban J connectivity index is 2.29. The van der Waals surface area contributed by atoms with Gasteiger partial charge in [-0.05, 0) is 36.4 Å². The number of nitrogens with zero attached hydrogens (tertiary/aromatic N) is 1. The van der Waals surface area contributed by atoms with Gasteiger partial charge in [0.05, 0.1) is 25.2 Å². The van der Waals surface area contributed by atoms with E-state index >= 15 is 0 Å². The summed E-state index contributed by atoms with van der Waals surface area (Å²) in [6.07, 6.45) is -3.07. The van der Waals surface area contributed by atoms with E-state index in [1.54, 1.807) is 18.2 Å². The lowest BCUT2D eigenvalue weighted by molar-refractivity contribution is -0.137. The van der Waals surface area contributed by atoms with Crippen LogP contribution in [0.5, 0.6) is 11.5 Å². The Kier molecular flexibility index (Phi) is 4.16. The molecule has 0 unspecified atom stereocenters. The number of fused-ring (bicyclic) bond motifs is 1. The van der Waals surface area contributed by atoms with Crippen LogP contribution in [-0.2, 0) is 6.18 Å². The van der Waals surface area contributed by atoms with Crippen molar-refractivity contribution in [1.82, 2.24) is 4.57 Å². The molecule has 0 aliphatic heterocycles. The summed E-state index contributed by atoms with van der Waals surface area (Å²) in [4.78, 5) is 12.9. The van der Waals surface area contributed by atoms with Gasteiger partial charge in [-0.15, -0.1) is 0 Å². The van der Waals surface area contributed by atoms with E-state index in [9.17, 15) is 18.0 Å². The van der Waals surface area contributed by atoms with Gasteiger partial charge in [-0.1, -0.05) is 6.07 Å². The summed E-state index contributed by atoms with van der Waals surface area (Å²) in [6, 6.07) is 9.44. The zero-order valence-corrected chi connectivity index (χ0v) is 13.4. The first kappa shape index (κ1) is 16.9. The van der Waals surface area contributed by atoms with Gasteiger partial charge >= 0.3 is 6.18 Å². The second-order valence-electron chi connectivity index (χ2n) is 5.30. The van der Waals surface area contributed by atoms with Crippen LogP contribution in [0.3, 0.4) is 0 Å². The summed E-state index contributed by atoms with van der Waals surface area (Å²) in [5.41, 5.74) is -1.20. The zero-order valence-electron chi connectivity index (χ0n) is 13.4. The van der Waals surface area contributed by atoms with E-state index < -0.39 is 17.3 Å². The third kappa shape index (κ3) is 2.93. The maximum absolute atomic E-state index is 12.9. The second-order valence-corrected chi connectivity index (χ2v) is 5.30. The Morgan fingerprint density at radius 1 is 0.960 bits per heavy atom. The van der Waals surface area contributed by atoms with Crippen LogP contribution < -0.4 is 15.0 Å². The molecule has 25 heavy (non-hydrogen) atoms. The van der Waals surface area contributed by atoms with Crippen molar-refractivity contribution in [3.63, 3.8) is 0 Å². The molecular weight excluding hydrogens is 335 g/mol. The van der Waals surface area contributed by atoms with Crippen LogP contribution in [0.4, 0.5) is 13.2 Å². The minimum atomic E-state index is -4.49. The van der Waals surface area contributed by atoms with Gasteiger partial charge in [0.25, 0.3) is 5.56 Å². The van der Waals surface area contributed by atoms with Crippen LogP contribution in [0.15, 0.2) is 53.5 Å². The average molecular weight is 349 g/mol. The molecule has 0 saturated carbocycles. The van der Waals surface area contributed by atoms with Crippen LogP contribution in [0.25, 0.3) is 16.5 Å². The third-order valence-electron chi connectivity index (χ3n) is 3.88. The fraction of sp³-hybridized carbons (Fsp3) is 0.167. The largest absolute Gasteiger partial charge is 0.496 e. The van der Waals surface area contributed by atoms with Gasteiger partial charge in [0.1, 0.15) is 11.5 Å². The summed E-state index contributed by atoms with van der Waals surface area (Å²) >= 11 is 0. The molecule has 3 rings (SSSR count). The molecule has 0 aliphatic rings. The molecule has 0 N–H and O–H groups in total. The van der Waals surface area contributed by atoms with Gasteiger partial charge < -0.3 is 9.47 Å². The monoisotopic (exact) mass is 349 g/mol. The molecule has 0 saturated heterocycles. The molecule has 0 spiro atoms. The number of hydrogen-bond donors (Lipinski definition) is 0. The summed E-state index contributed by atoms with van der Waals surface area (Å²) in [5, 5.41) is 0.761. The first-order valence-electron chi connectivity index (χ1n) is 7.31. The number of pyridine rings is 1. The molecule has 130 valence electrons. The predicted molar refractivity (Wildman–Crippen MR) is 87.7 cm³/mol. The molecule has 2 aromatic carbocycles. The Morgan fingerprint density at radius 2 is 1.64 bits per heavy atom. The smallest absolute Gasteiger partial charge is 0.416 e. The molecule has 0 atom stereocenters. The fourth-order valence-electron chi connectivity index (χ4n) is 2.69. The maximum Gasteiger partial charge on any atom is 0.416 e. The maximum atomic E-state index is 12.9. The SMILES string of the molecule is COc1ccc(OC)c2c(=O)n(-c3cccc(C(F)(F)F)c3)ccc12. The summed E-state index contributed by atoms with van der Waals surface area (Å²) in [6.45, 7) is 0.